The van der Waals surface area contributed by atoms with Gasteiger partial charge in [0.2, 0.25) is 0 Å². The van der Waals surface area contributed by atoms with Gasteiger partial charge in [0.25, 0.3) is 5.69 Å². The molecule has 0 aliphatic rings. The Morgan fingerprint density at radius 2 is 1.89 bits per heavy atom. The number of non-ortho nitro benzene ring substituents is 1. The van der Waals surface area contributed by atoms with E-state index >= 15 is 0 Å². The molecule has 0 spiro atoms. The van der Waals surface area contributed by atoms with E-state index in [2.05, 4.69) is 26.2 Å². The first-order valence-corrected chi connectivity index (χ1v) is 9.32. The molecule has 0 bridgehead atoms. The van der Waals surface area contributed by atoms with Gasteiger partial charge in [0.1, 0.15) is 0 Å². The Morgan fingerprint density at radius 3 is 2.28 bits per heavy atom. The number of aliphatic hydroxyl groups excluding tert-OH is 1. The van der Waals surface area contributed by atoms with E-state index in [4.69, 9.17) is 0 Å². The van der Waals surface area contributed by atoms with Crippen LogP contribution in [0.25, 0.3) is 0 Å². The second kappa shape index (κ2) is 5.45. The summed E-state index contributed by atoms with van der Waals surface area (Å²) in [5, 5.41) is 21.7. The number of nitro benzene ring substituents is 1. The van der Waals surface area contributed by atoms with E-state index in [-0.39, 0.29) is 5.69 Å². The smallest absolute Gasteiger partial charge is 0.269 e. The lowest BCUT2D eigenvalue weighted by atomic mass is 10.1. The number of nitro groups is 1. The van der Waals surface area contributed by atoms with Gasteiger partial charge in [0.05, 0.1) is 19.1 Å². The molecule has 4 nitrogen and oxygen atoms in total. The van der Waals surface area contributed by atoms with Crippen molar-refractivity contribution in [3.63, 3.8) is 0 Å². The summed E-state index contributed by atoms with van der Waals surface area (Å²) in [4.78, 5) is 10.1. The van der Waals surface area contributed by atoms with Gasteiger partial charge < -0.3 is 5.11 Å². The van der Waals surface area contributed by atoms with Gasteiger partial charge in [-0.3, -0.25) is 10.1 Å². The molecule has 0 radical (unpaired) electrons. The fourth-order valence-corrected chi connectivity index (χ4v) is 2.28. The van der Waals surface area contributed by atoms with E-state index in [9.17, 15) is 15.2 Å². The molecule has 0 saturated carbocycles. The lowest BCUT2D eigenvalue weighted by molar-refractivity contribution is -0.384. The molecule has 5 heteroatoms. The van der Waals surface area contributed by atoms with Gasteiger partial charge in [-0.25, -0.2) is 0 Å². The third-order valence-electron chi connectivity index (χ3n) is 2.99. The first-order valence-electron chi connectivity index (χ1n) is 5.82. The molecule has 0 saturated heterocycles. The van der Waals surface area contributed by atoms with Crippen LogP contribution in [0.15, 0.2) is 36.0 Å². The topological polar surface area (TPSA) is 63.4 Å². The maximum Gasteiger partial charge on any atom is 0.269 e. The summed E-state index contributed by atoms with van der Waals surface area (Å²) in [6.07, 6.45) is -0.113. The van der Waals surface area contributed by atoms with Gasteiger partial charge >= 0.3 is 0 Å². The fraction of sp³-hybridized carbons (Fsp3) is 0.385. The molecule has 98 valence electrons. The third kappa shape index (κ3) is 3.78. The lowest BCUT2D eigenvalue weighted by Crippen LogP contribution is -2.24. The maximum absolute atomic E-state index is 10.5. The molecule has 1 aromatic carbocycles. The summed E-state index contributed by atoms with van der Waals surface area (Å²) in [5.74, 6) is 0. The third-order valence-corrected chi connectivity index (χ3v) is 5.31. The van der Waals surface area contributed by atoms with Crippen molar-refractivity contribution < 1.29 is 10.0 Å². The van der Waals surface area contributed by atoms with Gasteiger partial charge in [-0.2, -0.15) is 0 Å². The maximum atomic E-state index is 10.5. The van der Waals surface area contributed by atoms with Crippen LogP contribution < -0.4 is 0 Å². The number of hydrogen-bond acceptors (Lipinski definition) is 3. The molecular weight excluding hydrogens is 246 g/mol. The number of nitrogens with zero attached hydrogens (tertiary/aromatic N) is 1. The second-order valence-corrected chi connectivity index (χ2v) is 10.6. The standard InChI is InChI=1S/C13H19NO3Si/c1-10(18(2,3)4)9-13(15)11-5-7-12(8-6-11)14(16)17/h5-8,13,15H,1,9H2,2-4H3. The van der Waals surface area contributed by atoms with Gasteiger partial charge in [-0.05, 0) is 24.1 Å². The van der Waals surface area contributed by atoms with Gasteiger partial charge in [-0.15, -0.1) is 6.58 Å². The summed E-state index contributed by atoms with van der Waals surface area (Å²) >= 11 is 0. The highest BCUT2D eigenvalue weighted by Gasteiger charge is 2.21. The summed E-state index contributed by atoms with van der Waals surface area (Å²) in [6, 6.07) is 6.02. The Kier molecular flexibility index (Phi) is 4.42. The van der Waals surface area contributed by atoms with Crippen molar-refractivity contribution in [2.24, 2.45) is 0 Å². The minimum absolute atomic E-state index is 0.0370. The molecule has 0 amide bonds. The van der Waals surface area contributed by atoms with E-state index in [1.807, 2.05) is 0 Å². The van der Waals surface area contributed by atoms with Crippen molar-refractivity contribution in [2.75, 3.05) is 0 Å². The van der Waals surface area contributed by atoms with Crippen LogP contribution in [0.4, 0.5) is 5.69 Å². The van der Waals surface area contributed by atoms with Crippen LogP contribution in [0, 0.1) is 10.1 Å². The number of rotatable bonds is 5. The SMILES string of the molecule is C=C(CC(O)c1ccc([N+](=O)[O-])cc1)[Si](C)(C)C. The molecule has 1 atom stereocenters. The normalized spacial score (nSPS) is 13.1. The van der Waals surface area contributed by atoms with Gasteiger partial charge in [-0.1, -0.05) is 24.8 Å². The fourth-order valence-electron chi connectivity index (χ4n) is 1.48. The van der Waals surface area contributed by atoms with Crippen molar-refractivity contribution in [3.8, 4) is 0 Å². The summed E-state index contributed by atoms with van der Waals surface area (Å²) < 4.78 is 0. The molecule has 0 aliphatic heterocycles. The first-order chi connectivity index (χ1) is 8.21. The summed E-state index contributed by atoms with van der Waals surface area (Å²) in [7, 11) is -1.45. The van der Waals surface area contributed by atoms with Crippen LogP contribution in [0.2, 0.25) is 19.6 Å². The molecule has 1 N–H and O–H groups in total. The molecule has 0 fully saturated rings. The largest absolute Gasteiger partial charge is 0.388 e. The highest BCUT2D eigenvalue weighted by molar-refractivity contribution is 6.82. The van der Waals surface area contributed by atoms with E-state index in [1.165, 1.54) is 12.1 Å². The number of aliphatic hydroxyl groups is 1. The predicted molar refractivity (Wildman–Crippen MR) is 75.2 cm³/mol. The van der Waals surface area contributed by atoms with Crippen LogP contribution in [-0.4, -0.2) is 18.1 Å². The van der Waals surface area contributed by atoms with Crippen molar-refractivity contribution in [2.45, 2.75) is 32.2 Å². The lowest BCUT2D eigenvalue weighted by Gasteiger charge is -2.22. The number of hydrogen-bond donors (Lipinski definition) is 1. The Labute approximate surface area is 108 Å². The first kappa shape index (κ1) is 14.6. The van der Waals surface area contributed by atoms with E-state index in [1.54, 1.807) is 12.1 Å². The van der Waals surface area contributed by atoms with Crippen LogP contribution in [-0.2, 0) is 0 Å². The quantitative estimate of drug-likeness (QED) is 0.504. The minimum atomic E-state index is -1.45. The molecule has 1 rings (SSSR count). The predicted octanol–water partition coefficient (Wildman–Crippen LogP) is 3.45. The Balaban J connectivity index is 2.76. The molecule has 1 aromatic rings. The average molecular weight is 265 g/mol. The molecule has 0 aromatic heterocycles. The average Bonchev–Trinajstić information content (AvgIpc) is 2.27. The highest BCUT2D eigenvalue weighted by Crippen LogP contribution is 2.26. The molecular formula is C13H19NO3Si. The second-order valence-electron chi connectivity index (χ2n) is 5.42. The zero-order valence-corrected chi connectivity index (χ0v) is 12.0. The van der Waals surface area contributed by atoms with Crippen molar-refractivity contribution in [1.82, 2.24) is 0 Å². The highest BCUT2D eigenvalue weighted by atomic mass is 28.3. The molecule has 0 heterocycles. The van der Waals surface area contributed by atoms with E-state index in [0.717, 1.165) is 5.20 Å². The van der Waals surface area contributed by atoms with Crippen molar-refractivity contribution in [1.29, 1.82) is 0 Å². The Morgan fingerprint density at radius 1 is 1.39 bits per heavy atom. The van der Waals surface area contributed by atoms with Crippen LogP contribution in [0.1, 0.15) is 18.1 Å². The van der Waals surface area contributed by atoms with Gasteiger partial charge in [0, 0.05) is 12.1 Å². The monoisotopic (exact) mass is 265 g/mol. The van der Waals surface area contributed by atoms with Crippen molar-refractivity contribution >= 4 is 13.8 Å². The Hall–Kier alpha value is -1.46. The zero-order chi connectivity index (χ0) is 13.9. The van der Waals surface area contributed by atoms with Crippen LogP contribution >= 0.6 is 0 Å². The van der Waals surface area contributed by atoms with Crippen molar-refractivity contribution in [3.05, 3.63) is 51.7 Å². The summed E-state index contributed by atoms with van der Waals surface area (Å²) in [6.45, 7) is 10.6. The van der Waals surface area contributed by atoms with E-state index in [0.29, 0.717) is 12.0 Å². The molecule has 1 unspecified atom stereocenters. The minimum Gasteiger partial charge on any atom is -0.388 e. The zero-order valence-electron chi connectivity index (χ0n) is 11.0. The Bertz CT molecular complexity index is 448. The summed E-state index contributed by atoms with van der Waals surface area (Å²) in [5.41, 5.74) is 0.731. The molecule has 0 aliphatic carbocycles. The van der Waals surface area contributed by atoms with Crippen LogP contribution in [0.5, 0.6) is 0 Å². The van der Waals surface area contributed by atoms with Crippen LogP contribution in [0.3, 0.4) is 0 Å². The van der Waals surface area contributed by atoms with Gasteiger partial charge in [0.15, 0.2) is 0 Å². The van der Waals surface area contributed by atoms with E-state index < -0.39 is 19.1 Å². The number of benzene rings is 1. The molecule has 18 heavy (non-hydrogen) atoms.